The zero-order valence-corrected chi connectivity index (χ0v) is 17.4. The van der Waals surface area contributed by atoms with Crippen molar-refractivity contribution in [1.82, 2.24) is 5.32 Å². The normalized spacial score (nSPS) is 17.2. The molecule has 0 spiro atoms. The quantitative estimate of drug-likeness (QED) is 0.492. The van der Waals surface area contributed by atoms with Crippen molar-refractivity contribution in [3.63, 3.8) is 0 Å². The van der Waals surface area contributed by atoms with Crippen molar-refractivity contribution in [2.45, 2.75) is 37.0 Å². The third-order valence-electron chi connectivity index (χ3n) is 5.24. The van der Waals surface area contributed by atoms with Crippen molar-refractivity contribution < 1.29 is 14.0 Å². The third kappa shape index (κ3) is 4.82. The molecule has 154 valence electrons. The van der Waals surface area contributed by atoms with Crippen LogP contribution < -0.4 is 10.6 Å². The molecule has 1 aliphatic carbocycles. The molecule has 4 nitrogen and oxygen atoms in total. The Balaban J connectivity index is 1.42. The first-order valence-electron chi connectivity index (χ1n) is 10.2. The number of fused-ring (bicyclic) bond motifs is 1. The van der Waals surface area contributed by atoms with Crippen molar-refractivity contribution >= 4 is 35.3 Å². The molecule has 30 heavy (non-hydrogen) atoms. The molecule has 0 fully saturated rings. The summed E-state index contributed by atoms with van der Waals surface area (Å²) in [5.41, 5.74) is 2.89. The molecule has 2 amide bonds. The summed E-state index contributed by atoms with van der Waals surface area (Å²) in [6.07, 6.45) is 9.46. The summed E-state index contributed by atoms with van der Waals surface area (Å²) in [6, 6.07) is 11.6. The number of halogens is 1. The maximum absolute atomic E-state index is 13.9. The first-order valence-corrected chi connectivity index (χ1v) is 11.0. The van der Waals surface area contributed by atoms with E-state index in [2.05, 4.69) is 16.7 Å². The lowest BCUT2D eigenvalue weighted by Crippen LogP contribution is -2.25. The van der Waals surface area contributed by atoms with Crippen LogP contribution >= 0.6 is 11.8 Å². The Morgan fingerprint density at radius 1 is 1.20 bits per heavy atom. The zero-order valence-electron chi connectivity index (χ0n) is 16.5. The summed E-state index contributed by atoms with van der Waals surface area (Å²) in [5, 5.41) is 5.77. The van der Waals surface area contributed by atoms with Crippen LogP contribution in [0.5, 0.6) is 0 Å². The lowest BCUT2D eigenvalue weighted by Gasteiger charge is -2.19. The van der Waals surface area contributed by atoms with Crippen molar-refractivity contribution in [3.8, 4) is 0 Å². The van der Waals surface area contributed by atoms with Crippen LogP contribution in [0, 0.1) is 5.82 Å². The molecule has 1 heterocycles. The van der Waals surface area contributed by atoms with Gasteiger partial charge in [0.25, 0.3) is 11.8 Å². The Bertz CT molecular complexity index is 1050. The largest absolute Gasteiger partial charge is 0.352 e. The second kappa shape index (κ2) is 9.30. The van der Waals surface area contributed by atoms with E-state index >= 15 is 0 Å². The minimum absolute atomic E-state index is 0.152. The lowest BCUT2D eigenvalue weighted by molar-refractivity contribution is -0.112. The van der Waals surface area contributed by atoms with Crippen LogP contribution in [0.4, 0.5) is 10.1 Å². The number of nitrogens with one attached hydrogen (secondary N) is 2. The summed E-state index contributed by atoms with van der Waals surface area (Å²) in [6.45, 7) is 0.610. The average molecular weight is 423 g/mol. The number of amides is 2. The van der Waals surface area contributed by atoms with Crippen molar-refractivity contribution in [2.24, 2.45) is 0 Å². The number of rotatable bonds is 5. The maximum atomic E-state index is 13.9. The molecule has 2 N–H and O–H groups in total. The number of benzene rings is 2. The van der Waals surface area contributed by atoms with Gasteiger partial charge in [0.1, 0.15) is 5.82 Å². The highest BCUT2D eigenvalue weighted by molar-refractivity contribution is 8.04. The fourth-order valence-corrected chi connectivity index (χ4v) is 4.53. The summed E-state index contributed by atoms with van der Waals surface area (Å²) in [7, 11) is 0. The van der Waals surface area contributed by atoms with Crippen molar-refractivity contribution in [1.29, 1.82) is 0 Å². The fourth-order valence-electron chi connectivity index (χ4n) is 3.61. The van der Waals surface area contributed by atoms with Crippen LogP contribution in [0.15, 0.2) is 63.9 Å². The van der Waals surface area contributed by atoms with Gasteiger partial charge < -0.3 is 10.6 Å². The Labute approximate surface area is 179 Å². The van der Waals surface area contributed by atoms with Gasteiger partial charge in [0.2, 0.25) is 0 Å². The third-order valence-corrected chi connectivity index (χ3v) is 6.34. The van der Waals surface area contributed by atoms with Crippen LogP contribution in [-0.4, -0.2) is 18.4 Å². The van der Waals surface area contributed by atoms with E-state index in [4.69, 9.17) is 0 Å². The SMILES string of the molecule is O=C1Nc2cc(C(=O)NCCC3=CCCCC3)ccc2SC1=Cc1ccccc1F. The maximum Gasteiger partial charge on any atom is 0.262 e. The molecule has 1 aliphatic heterocycles. The summed E-state index contributed by atoms with van der Waals surface area (Å²) < 4.78 is 13.9. The second-order valence-corrected chi connectivity index (χ2v) is 8.50. The first-order chi connectivity index (χ1) is 14.6. The van der Waals surface area contributed by atoms with Gasteiger partial charge in [0.05, 0.1) is 10.6 Å². The van der Waals surface area contributed by atoms with E-state index in [9.17, 15) is 14.0 Å². The first kappa shape index (κ1) is 20.4. The van der Waals surface area contributed by atoms with Crippen LogP contribution in [0.3, 0.4) is 0 Å². The molecule has 2 aliphatic rings. The number of hydrogen-bond acceptors (Lipinski definition) is 3. The number of allylic oxidation sites excluding steroid dienone is 1. The summed E-state index contributed by atoms with van der Waals surface area (Å²) in [4.78, 5) is 26.2. The van der Waals surface area contributed by atoms with Gasteiger partial charge in [-0.2, -0.15) is 0 Å². The smallest absolute Gasteiger partial charge is 0.262 e. The lowest BCUT2D eigenvalue weighted by atomic mass is 9.97. The predicted molar refractivity (Wildman–Crippen MR) is 119 cm³/mol. The Kier molecular flexibility index (Phi) is 6.33. The second-order valence-electron chi connectivity index (χ2n) is 7.41. The molecule has 0 atom stereocenters. The van der Waals surface area contributed by atoms with E-state index in [1.54, 1.807) is 36.4 Å². The Morgan fingerprint density at radius 3 is 2.87 bits per heavy atom. The van der Waals surface area contributed by atoms with Gasteiger partial charge in [-0.15, -0.1) is 0 Å². The van der Waals surface area contributed by atoms with Gasteiger partial charge in [-0.05, 0) is 62.4 Å². The van der Waals surface area contributed by atoms with Crippen LogP contribution in [0.2, 0.25) is 0 Å². The molecule has 4 rings (SSSR count). The van der Waals surface area contributed by atoms with Crippen molar-refractivity contribution in [2.75, 3.05) is 11.9 Å². The van der Waals surface area contributed by atoms with E-state index in [1.165, 1.54) is 36.2 Å². The van der Waals surface area contributed by atoms with Gasteiger partial charge in [-0.25, -0.2) is 4.39 Å². The number of hydrogen-bond donors (Lipinski definition) is 2. The van der Waals surface area contributed by atoms with Gasteiger partial charge >= 0.3 is 0 Å². The van der Waals surface area contributed by atoms with Gasteiger partial charge in [-0.3, -0.25) is 9.59 Å². The Morgan fingerprint density at radius 2 is 2.07 bits per heavy atom. The van der Waals surface area contributed by atoms with E-state index < -0.39 is 0 Å². The number of anilines is 1. The van der Waals surface area contributed by atoms with Crippen LogP contribution in [0.25, 0.3) is 6.08 Å². The molecule has 6 heteroatoms. The molecular weight excluding hydrogens is 399 g/mol. The number of carbonyl (C=O) groups is 2. The molecule has 2 aromatic carbocycles. The summed E-state index contributed by atoms with van der Waals surface area (Å²) >= 11 is 1.27. The number of carbonyl (C=O) groups excluding carboxylic acids is 2. The highest BCUT2D eigenvalue weighted by Crippen LogP contribution is 2.39. The van der Waals surface area contributed by atoms with Gasteiger partial charge in [0, 0.05) is 22.6 Å². The molecule has 0 saturated carbocycles. The molecule has 0 radical (unpaired) electrons. The minimum atomic E-state index is -0.375. The molecule has 0 saturated heterocycles. The molecule has 2 aromatic rings. The highest BCUT2D eigenvalue weighted by atomic mass is 32.2. The van der Waals surface area contributed by atoms with Gasteiger partial charge in [0.15, 0.2) is 0 Å². The molecule has 0 bridgehead atoms. The van der Waals surface area contributed by atoms with Crippen molar-refractivity contribution in [3.05, 3.63) is 76.0 Å². The minimum Gasteiger partial charge on any atom is -0.352 e. The fraction of sp³-hybridized carbons (Fsp3) is 0.250. The van der Waals surface area contributed by atoms with Crippen LogP contribution in [0.1, 0.15) is 48.0 Å². The average Bonchev–Trinajstić information content (AvgIpc) is 2.76. The van der Waals surface area contributed by atoms with E-state index in [1.807, 2.05) is 6.07 Å². The number of thioether (sulfide) groups is 1. The molecule has 0 aromatic heterocycles. The summed E-state index contributed by atoms with van der Waals surface area (Å²) in [5.74, 6) is -0.834. The highest BCUT2D eigenvalue weighted by Gasteiger charge is 2.22. The standard InChI is InChI=1S/C24H23FN2O2S/c25-19-9-5-4-8-17(19)15-22-24(29)27-20-14-18(10-11-21(20)30-22)23(28)26-13-12-16-6-2-1-3-7-16/h4-6,8-11,14-15H,1-3,7,12-13H2,(H,26,28)(H,27,29). The molecule has 0 unspecified atom stereocenters. The van der Waals surface area contributed by atoms with E-state index in [-0.39, 0.29) is 17.6 Å². The van der Waals surface area contributed by atoms with E-state index in [0.29, 0.717) is 28.3 Å². The zero-order chi connectivity index (χ0) is 20.9. The van der Waals surface area contributed by atoms with E-state index in [0.717, 1.165) is 24.2 Å². The topological polar surface area (TPSA) is 58.2 Å². The Hall–Kier alpha value is -2.86. The van der Waals surface area contributed by atoms with Crippen LogP contribution in [-0.2, 0) is 4.79 Å². The monoisotopic (exact) mass is 422 g/mol. The predicted octanol–water partition coefficient (Wildman–Crippen LogP) is 5.53. The van der Waals surface area contributed by atoms with Gasteiger partial charge in [-0.1, -0.05) is 41.6 Å². The molecular formula is C24H23FN2O2S.